The molecule has 0 unspecified atom stereocenters. The lowest BCUT2D eigenvalue weighted by molar-refractivity contribution is 1.93. The van der Waals surface area contributed by atoms with Crippen molar-refractivity contribution in [2.24, 2.45) is 0 Å². The Kier molecular flexibility index (Phi) is 2.74. The molecule has 0 fully saturated rings. The zero-order valence-electron chi connectivity index (χ0n) is 2.38. The lowest BCUT2D eigenvalue weighted by atomic mass is 10.9. The summed E-state index contributed by atoms with van der Waals surface area (Å²) < 4.78 is 0. The van der Waals surface area contributed by atoms with Crippen molar-refractivity contribution < 1.29 is 0 Å². The first-order valence-electron chi connectivity index (χ1n) is 0.939. The number of halogens is 1. The van der Waals surface area contributed by atoms with Crippen molar-refractivity contribution in [3.05, 3.63) is 0 Å². The number of hydrogen-bond acceptors (Lipinski definition) is 0. The summed E-state index contributed by atoms with van der Waals surface area (Å²) in [6.07, 6.45) is 0. The van der Waals surface area contributed by atoms with Gasteiger partial charge in [-0.15, -0.1) is 0 Å². The smallest absolute Gasteiger partial charge is 0.00377 e. The van der Waals surface area contributed by atoms with Gasteiger partial charge in [0.25, 0.3) is 0 Å². The molecule has 0 saturated heterocycles. The lowest BCUT2D eigenvalue weighted by Crippen LogP contribution is -1.21. The van der Waals surface area contributed by atoms with E-state index in [-0.39, 0.29) is 0 Å². The van der Waals surface area contributed by atoms with Crippen LogP contribution in [-0.4, -0.2) is 0 Å². The fraction of sp³-hybridized carbons (Fsp3) is 0.333. The Morgan fingerprint density at radius 1 is 1.75 bits per heavy atom. The Bertz CT molecular complexity index is 40.0. The van der Waals surface area contributed by atoms with Gasteiger partial charge in [0.2, 0.25) is 0 Å². The topological polar surface area (TPSA) is 0 Å². The van der Waals surface area contributed by atoms with E-state index in [0.29, 0.717) is 0 Å². The standard InChI is InChI=1S/C3H3Cl/c1-2-3-4/h1H3. The van der Waals surface area contributed by atoms with Gasteiger partial charge in [0.05, 0.1) is 0 Å². The summed E-state index contributed by atoms with van der Waals surface area (Å²) >= 11 is 4.82. The second-order valence-electron chi connectivity index (χ2n) is 0.344. The third-order valence-corrected chi connectivity index (χ3v) is 0.283. The van der Waals surface area contributed by atoms with E-state index in [1.54, 1.807) is 6.92 Å². The van der Waals surface area contributed by atoms with Crippen LogP contribution in [0.15, 0.2) is 0 Å². The molecule has 0 aliphatic carbocycles. The molecule has 0 heterocycles. The molecule has 22 valence electrons. The van der Waals surface area contributed by atoms with E-state index in [9.17, 15) is 0 Å². The van der Waals surface area contributed by atoms with Crippen LogP contribution in [0.4, 0.5) is 0 Å². The maximum absolute atomic E-state index is 4.82. The maximum Gasteiger partial charge on any atom is 0.00377 e. The molecule has 0 aliphatic heterocycles. The van der Waals surface area contributed by atoms with Crippen molar-refractivity contribution in [3.63, 3.8) is 0 Å². The molecule has 0 atom stereocenters. The molecule has 1 heteroatoms. The van der Waals surface area contributed by atoms with Gasteiger partial charge in [0.1, 0.15) is 0 Å². The van der Waals surface area contributed by atoms with Crippen molar-refractivity contribution >= 4 is 11.6 Å². The zero-order valence-corrected chi connectivity index (χ0v) is 3.13. The van der Waals surface area contributed by atoms with Gasteiger partial charge in [0, 0.05) is 5.38 Å². The summed E-state index contributed by atoms with van der Waals surface area (Å²) in [7, 11) is 0. The predicted octanol–water partition coefficient (Wildman–Crippen LogP) is 1.21. The average Bonchev–Trinajstić information content (AvgIpc) is 1.37. The minimum atomic E-state index is 1.69. The van der Waals surface area contributed by atoms with Crippen LogP contribution in [0, 0.1) is 11.3 Å². The minimum absolute atomic E-state index is 1.69. The van der Waals surface area contributed by atoms with Crippen molar-refractivity contribution in [2.75, 3.05) is 0 Å². The van der Waals surface area contributed by atoms with Gasteiger partial charge in [-0.05, 0) is 18.5 Å². The first kappa shape index (κ1) is 3.85. The molecule has 4 heavy (non-hydrogen) atoms. The fourth-order valence-electron chi connectivity index (χ4n) is 0. The van der Waals surface area contributed by atoms with Gasteiger partial charge in [-0.25, -0.2) is 0 Å². The highest BCUT2D eigenvalue weighted by molar-refractivity contribution is 6.30. The monoisotopic (exact) mass is 74.0 g/mol. The molecule has 0 nitrogen and oxygen atoms in total. The quantitative estimate of drug-likeness (QED) is 0.379. The van der Waals surface area contributed by atoms with Gasteiger partial charge in [0.15, 0.2) is 0 Å². The molecule has 0 saturated carbocycles. The van der Waals surface area contributed by atoms with Crippen LogP contribution >= 0.6 is 11.6 Å². The summed E-state index contributed by atoms with van der Waals surface area (Å²) in [5.41, 5.74) is 0. The first-order chi connectivity index (χ1) is 1.91. The van der Waals surface area contributed by atoms with Crippen LogP contribution in [0.3, 0.4) is 0 Å². The molecule has 0 bridgehead atoms. The van der Waals surface area contributed by atoms with Crippen molar-refractivity contribution in [1.82, 2.24) is 0 Å². The average molecular weight is 74.5 g/mol. The van der Waals surface area contributed by atoms with E-state index < -0.39 is 0 Å². The highest BCUT2D eigenvalue weighted by Gasteiger charge is 1.30. The van der Waals surface area contributed by atoms with E-state index in [4.69, 9.17) is 11.6 Å². The third kappa shape index (κ3) is 1.85. The second-order valence-corrected chi connectivity index (χ2v) is 0.533. The van der Waals surface area contributed by atoms with Crippen LogP contribution in [0.25, 0.3) is 0 Å². The van der Waals surface area contributed by atoms with Gasteiger partial charge >= 0.3 is 0 Å². The Hall–Kier alpha value is -0.150. The van der Waals surface area contributed by atoms with Crippen LogP contribution in [0.1, 0.15) is 6.92 Å². The van der Waals surface area contributed by atoms with Gasteiger partial charge in [-0.3, -0.25) is 0 Å². The first-order valence-corrected chi connectivity index (χ1v) is 1.32. The highest BCUT2D eigenvalue weighted by Crippen LogP contribution is 1.56. The molecule has 0 spiro atoms. The van der Waals surface area contributed by atoms with Gasteiger partial charge < -0.3 is 0 Å². The van der Waals surface area contributed by atoms with Crippen molar-refractivity contribution in [2.45, 2.75) is 6.92 Å². The number of rotatable bonds is 0. The van der Waals surface area contributed by atoms with Gasteiger partial charge in [-0.1, -0.05) is 5.92 Å². The summed E-state index contributed by atoms with van der Waals surface area (Å²) in [4.78, 5) is 0. The van der Waals surface area contributed by atoms with E-state index >= 15 is 0 Å². The molecular formula is C3H3Cl. The van der Waals surface area contributed by atoms with E-state index in [1.807, 2.05) is 0 Å². The SMILES string of the molecule is CC#CCl. The van der Waals surface area contributed by atoms with Crippen LogP contribution in [-0.2, 0) is 0 Å². The molecule has 0 rings (SSSR count). The van der Waals surface area contributed by atoms with Crippen LogP contribution < -0.4 is 0 Å². The molecule has 0 aromatic rings. The normalized spacial score (nSPS) is 3.50. The lowest BCUT2D eigenvalue weighted by Gasteiger charge is -1.36. The Labute approximate surface area is 30.8 Å². The zero-order chi connectivity index (χ0) is 3.41. The summed E-state index contributed by atoms with van der Waals surface area (Å²) in [5.74, 6) is 2.45. The number of hydrogen-bond donors (Lipinski definition) is 0. The van der Waals surface area contributed by atoms with E-state index in [2.05, 4.69) is 11.3 Å². The molecule has 0 amide bonds. The highest BCUT2D eigenvalue weighted by atomic mass is 35.5. The van der Waals surface area contributed by atoms with Crippen molar-refractivity contribution in [1.29, 1.82) is 0 Å². The maximum atomic E-state index is 4.82. The Balaban J connectivity index is 2.83. The summed E-state index contributed by atoms with van der Waals surface area (Å²) in [6, 6.07) is 0. The van der Waals surface area contributed by atoms with Crippen LogP contribution in [0.5, 0.6) is 0 Å². The Morgan fingerprint density at radius 2 is 2.00 bits per heavy atom. The van der Waals surface area contributed by atoms with E-state index in [0.717, 1.165) is 0 Å². The molecule has 0 aromatic heterocycles. The minimum Gasteiger partial charge on any atom is -0.0893 e. The molecule has 0 radical (unpaired) electrons. The fourth-order valence-corrected chi connectivity index (χ4v) is 0. The summed E-state index contributed by atoms with van der Waals surface area (Å²) in [6.45, 7) is 1.69. The van der Waals surface area contributed by atoms with E-state index in [1.165, 1.54) is 0 Å². The predicted molar refractivity (Wildman–Crippen MR) is 19.3 cm³/mol. The molecular weight excluding hydrogens is 71.5 g/mol. The molecule has 0 aliphatic rings. The second kappa shape index (κ2) is 2.85. The summed E-state index contributed by atoms with van der Waals surface area (Å²) in [5, 5.41) is 2.15. The third-order valence-electron chi connectivity index (χ3n) is 0.0945. The van der Waals surface area contributed by atoms with Crippen molar-refractivity contribution in [3.8, 4) is 11.3 Å². The molecule has 0 aromatic carbocycles. The van der Waals surface area contributed by atoms with Gasteiger partial charge in [-0.2, -0.15) is 0 Å². The van der Waals surface area contributed by atoms with Crippen LogP contribution in [0.2, 0.25) is 0 Å². The molecule has 0 N–H and O–H groups in total. The Morgan fingerprint density at radius 3 is 2.00 bits per heavy atom. The largest absolute Gasteiger partial charge is 0.0893 e.